The van der Waals surface area contributed by atoms with Crippen molar-refractivity contribution in [3.8, 4) is 17.2 Å². The zero-order valence-corrected chi connectivity index (χ0v) is 14.0. The highest BCUT2D eigenvalue weighted by atomic mass is 32.1. The molecule has 0 aliphatic carbocycles. The Morgan fingerprint density at radius 2 is 2.21 bits per heavy atom. The lowest BCUT2D eigenvalue weighted by Crippen LogP contribution is -2.48. The Kier molecular flexibility index (Phi) is 3.79. The van der Waals surface area contributed by atoms with Gasteiger partial charge in [0.2, 0.25) is 0 Å². The van der Waals surface area contributed by atoms with Gasteiger partial charge in [0.25, 0.3) is 0 Å². The quantitative estimate of drug-likeness (QED) is 0.916. The Labute approximate surface area is 144 Å². The molecule has 1 atom stereocenters. The summed E-state index contributed by atoms with van der Waals surface area (Å²) in [5.74, 6) is 1.63. The van der Waals surface area contributed by atoms with E-state index in [4.69, 9.17) is 11.0 Å². The minimum absolute atomic E-state index is 0.0380. The van der Waals surface area contributed by atoms with Gasteiger partial charge in [0, 0.05) is 24.4 Å². The van der Waals surface area contributed by atoms with Crippen molar-refractivity contribution in [1.29, 1.82) is 5.26 Å². The van der Waals surface area contributed by atoms with Crippen LogP contribution in [0.15, 0.2) is 45.7 Å². The molecule has 2 aromatic rings. The lowest BCUT2D eigenvalue weighted by molar-refractivity contribution is 0.495. The molecule has 0 saturated carbocycles. The summed E-state index contributed by atoms with van der Waals surface area (Å²) >= 11 is 1.69. The van der Waals surface area contributed by atoms with Gasteiger partial charge in [-0.1, -0.05) is 12.1 Å². The third-order valence-electron chi connectivity index (χ3n) is 4.36. The summed E-state index contributed by atoms with van der Waals surface area (Å²) in [6.45, 7) is 1.79. The predicted octanol–water partition coefficient (Wildman–Crippen LogP) is 3.15. The van der Waals surface area contributed by atoms with Crippen molar-refractivity contribution < 1.29 is 0 Å². The highest BCUT2D eigenvalue weighted by Crippen LogP contribution is 2.35. The minimum Gasteiger partial charge on any atom is -0.369 e. The molecule has 2 N–H and O–H groups in total. The lowest BCUT2D eigenvalue weighted by atomic mass is 10.0. The number of fused-ring (bicyclic) bond motifs is 1. The third-order valence-corrected chi connectivity index (χ3v) is 5.39. The molecule has 0 bridgehead atoms. The first-order valence-corrected chi connectivity index (χ1v) is 8.85. The van der Waals surface area contributed by atoms with E-state index in [1.165, 1.54) is 4.88 Å². The van der Waals surface area contributed by atoms with Gasteiger partial charge in [-0.25, -0.2) is 4.99 Å². The van der Waals surface area contributed by atoms with E-state index in [1.807, 2.05) is 29.2 Å². The number of benzene rings is 1. The monoisotopic (exact) mass is 335 g/mol. The molecule has 3 heterocycles. The van der Waals surface area contributed by atoms with Gasteiger partial charge in [0.1, 0.15) is 5.84 Å². The first kappa shape index (κ1) is 14.9. The molecular weight excluding hydrogens is 318 g/mol. The average molecular weight is 335 g/mol. The van der Waals surface area contributed by atoms with E-state index in [0.717, 1.165) is 42.9 Å². The second-order valence-corrected chi connectivity index (χ2v) is 6.88. The minimum atomic E-state index is 0.0380. The van der Waals surface area contributed by atoms with E-state index in [-0.39, 0.29) is 6.04 Å². The van der Waals surface area contributed by atoms with Gasteiger partial charge in [-0.3, -0.25) is 4.99 Å². The maximum absolute atomic E-state index is 9.06. The number of thiophene rings is 1. The fraction of sp³-hybridized carbons (Fsp3) is 0.278. The molecule has 0 amide bonds. The van der Waals surface area contributed by atoms with Crippen LogP contribution in [-0.4, -0.2) is 29.8 Å². The van der Waals surface area contributed by atoms with Crippen molar-refractivity contribution in [1.82, 2.24) is 4.90 Å². The number of nitrogens with two attached hydrogens (primary N) is 1. The van der Waals surface area contributed by atoms with Crippen LogP contribution in [0.3, 0.4) is 0 Å². The Morgan fingerprint density at radius 1 is 1.29 bits per heavy atom. The number of amidine groups is 1. The summed E-state index contributed by atoms with van der Waals surface area (Å²) in [6.07, 6.45) is 1.83. The van der Waals surface area contributed by atoms with E-state index in [1.54, 1.807) is 11.3 Å². The first-order chi connectivity index (χ1) is 11.7. The molecule has 120 valence electrons. The normalized spacial score (nSPS) is 20.0. The number of nitriles is 1. The van der Waals surface area contributed by atoms with Crippen molar-refractivity contribution >= 4 is 23.1 Å². The molecule has 0 spiro atoms. The molecule has 1 aromatic carbocycles. The fourth-order valence-corrected chi connectivity index (χ4v) is 4.09. The molecule has 2 aliphatic rings. The molecule has 0 radical (unpaired) electrons. The van der Waals surface area contributed by atoms with Gasteiger partial charge < -0.3 is 10.6 Å². The van der Waals surface area contributed by atoms with Crippen LogP contribution < -0.4 is 5.73 Å². The van der Waals surface area contributed by atoms with Crippen molar-refractivity contribution in [2.24, 2.45) is 15.7 Å². The molecule has 24 heavy (non-hydrogen) atoms. The SMILES string of the molecule is N#Cc1cccc(-c2csc([C@@H]3CC4=NCCCN4C(N)=N3)c2)c1. The van der Waals surface area contributed by atoms with E-state index < -0.39 is 0 Å². The Balaban J connectivity index is 1.63. The summed E-state index contributed by atoms with van der Waals surface area (Å²) in [4.78, 5) is 12.5. The number of hydrogen-bond acceptors (Lipinski definition) is 6. The molecule has 1 aromatic heterocycles. The van der Waals surface area contributed by atoms with E-state index in [9.17, 15) is 0 Å². The topological polar surface area (TPSA) is 77.8 Å². The maximum atomic E-state index is 9.06. The second-order valence-electron chi connectivity index (χ2n) is 5.94. The third kappa shape index (κ3) is 2.68. The van der Waals surface area contributed by atoms with Gasteiger partial charge in [-0.2, -0.15) is 5.26 Å². The van der Waals surface area contributed by atoms with Crippen LogP contribution in [0, 0.1) is 11.3 Å². The lowest BCUT2D eigenvalue weighted by Gasteiger charge is -2.33. The van der Waals surface area contributed by atoms with Crippen LogP contribution in [0.5, 0.6) is 0 Å². The largest absolute Gasteiger partial charge is 0.369 e. The fourth-order valence-electron chi connectivity index (χ4n) is 3.13. The van der Waals surface area contributed by atoms with Crippen LogP contribution in [-0.2, 0) is 0 Å². The standard InChI is InChI=1S/C18H17N5S/c19-10-12-3-1-4-13(7-12)14-8-16(24-11-14)15-9-17-21-5-2-6-23(17)18(20)22-15/h1,3-4,7-8,11,15H,2,5-6,9H2,(H2,20,22)/t15-/m0/s1. The van der Waals surface area contributed by atoms with E-state index >= 15 is 0 Å². The molecule has 4 rings (SSSR count). The van der Waals surface area contributed by atoms with Crippen LogP contribution in [0.2, 0.25) is 0 Å². The van der Waals surface area contributed by atoms with E-state index in [0.29, 0.717) is 11.5 Å². The highest BCUT2D eigenvalue weighted by Gasteiger charge is 2.28. The summed E-state index contributed by atoms with van der Waals surface area (Å²) in [6, 6.07) is 12.1. The smallest absolute Gasteiger partial charge is 0.197 e. The Bertz CT molecular complexity index is 874. The number of nitrogens with zero attached hydrogens (tertiary/aromatic N) is 4. The molecule has 6 heteroatoms. The first-order valence-electron chi connectivity index (χ1n) is 7.98. The second kappa shape index (κ2) is 6.10. The zero-order chi connectivity index (χ0) is 16.5. The molecule has 0 unspecified atom stereocenters. The van der Waals surface area contributed by atoms with Crippen LogP contribution >= 0.6 is 11.3 Å². The number of aliphatic imine (C=N–C) groups is 2. The molecule has 0 fully saturated rings. The van der Waals surface area contributed by atoms with Gasteiger partial charge in [0.05, 0.1) is 17.7 Å². The van der Waals surface area contributed by atoms with Gasteiger partial charge in [-0.05, 0) is 41.1 Å². The van der Waals surface area contributed by atoms with Gasteiger partial charge in [0.15, 0.2) is 5.96 Å². The van der Waals surface area contributed by atoms with Crippen molar-refractivity contribution in [2.45, 2.75) is 18.9 Å². The zero-order valence-electron chi connectivity index (χ0n) is 13.1. The van der Waals surface area contributed by atoms with Crippen LogP contribution in [0.25, 0.3) is 11.1 Å². The molecular formula is C18H17N5S. The van der Waals surface area contributed by atoms with Crippen LogP contribution in [0.1, 0.15) is 29.3 Å². The van der Waals surface area contributed by atoms with Crippen molar-refractivity contribution in [3.05, 3.63) is 46.2 Å². The number of rotatable bonds is 2. The summed E-state index contributed by atoms with van der Waals surface area (Å²) in [5, 5.41) is 11.2. The van der Waals surface area contributed by atoms with Crippen molar-refractivity contribution in [2.75, 3.05) is 13.1 Å². The van der Waals surface area contributed by atoms with Gasteiger partial charge >= 0.3 is 0 Å². The maximum Gasteiger partial charge on any atom is 0.197 e. The van der Waals surface area contributed by atoms with E-state index in [2.05, 4.69) is 27.5 Å². The molecule has 0 saturated heterocycles. The summed E-state index contributed by atoms with van der Waals surface area (Å²) in [5.41, 5.74) is 8.99. The predicted molar refractivity (Wildman–Crippen MR) is 97.1 cm³/mol. The average Bonchev–Trinajstić information content (AvgIpc) is 3.12. The van der Waals surface area contributed by atoms with Crippen LogP contribution in [0.4, 0.5) is 0 Å². The number of guanidine groups is 1. The van der Waals surface area contributed by atoms with Crippen molar-refractivity contribution in [3.63, 3.8) is 0 Å². The Morgan fingerprint density at radius 3 is 3.08 bits per heavy atom. The summed E-state index contributed by atoms with van der Waals surface area (Å²) < 4.78 is 0. The van der Waals surface area contributed by atoms with Gasteiger partial charge in [-0.15, -0.1) is 11.3 Å². The number of hydrogen-bond donors (Lipinski definition) is 1. The summed E-state index contributed by atoms with van der Waals surface area (Å²) in [7, 11) is 0. The molecule has 5 nitrogen and oxygen atoms in total. The Hall–Kier alpha value is -2.65. The highest BCUT2D eigenvalue weighted by molar-refractivity contribution is 7.10. The molecule has 2 aliphatic heterocycles.